The van der Waals surface area contributed by atoms with Crippen molar-refractivity contribution < 1.29 is 22.7 Å². The topological polar surface area (TPSA) is 129 Å². The Bertz CT molecular complexity index is 1640. The van der Waals surface area contributed by atoms with Gasteiger partial charge >= 0.3 is 0 Å². The van der Waals surface area contributed by atoms with Gasteiger partial charge in [0, 0.05) is 36.5 Å². The van der Waals surface area contributed by atoms with Crippen LogP contribution in [0.25, 0.3) is 0 Å². The molecule has 1 saturated carbocycles. The molecule has 3 aliphatic rings. The van der Waals surface area contributed by atoms with E-state index >= 15 is 0 Å². The van der Waals surface area contributed by atoms with Crippen LogP contribution in [0.2, 0.25) is 5.02 Å². The number of carbonyl (C=O) groups is 2. The summed E-state index contributed by atoms with van der Waals surface area (Å²) in [6.07, 6.45) is 8.12. The Kier molecular flexibility index (Phi) is 9.80. The molecule has 11 heteroatoms. The smallest absolute Gasteiger partial charge is 0.264 e. The minimum absolute atomic E-state index is 0.0808. The maximum atomic E-state index is 13.4. The van der Waals surface area contributed by atoms with Crippen LogP contribution in [-0.2, 0) is 27.8 Å². The summed E-state index contributed by atoms with van der Waals surface area (Å²) in [6, 6.07) is 13.2. The number of halogens is 1. The summed E-state index contributed by atoms with van der Waals surface area (Å²) in [6.45, 7) is 6.31. The van der Waals surface area contributed by atoms with Crippen LogP contribution in [0.5, 0.6) is 5.75 Å². The highest BCUT2D eigenvalue weighted by molar-refractivity contribution is 7.90. The van der Waals surface area contributed by atoms with Crippen LogP contribution in [0, 0.1) is 29.1 Å². The molecule has 0 spiro atoms. The van der Waals surface area contributed by atoms with Crippen molar-refractivity contribution in [1.29, 1.82) is 5.26 Å². The minimum Gasteiger partial charge on any atom is -0.487 e. The Balaban J connectivity index is 1.60. The van der Waals surface area contributed by atoms with E-state index in [9.17, 15) is 23.3 Å². The zero-order valence-corrected chi connectivity index (χ0v) is 27.6. The normalized spacial score (nSPS) is 29.1. The zero-order chi connectivity index (χ0) is 32.4. The third kappa shape index (κ3) is 7.15. The number of carbonyl (C=O) groups excluding carboxylic acids is 2. The molecule has 2 N–H and O–H groups in total. The van der Waals surface area contributed by atoms with Gasteiger partial charge in [0.2, 0.25) is 15.9 Å². The van der Waals surface area contributed by atoms with E-state index in [1.165, 1.54) is 6.92 Å². The second kappa shape index (κ2) is 13.4. The van der Waals surface area contributed by atoms with E-state index in [1.54, 1.807) is 44.2 Å². The highest BCUT2D eigenvalue weighted by Gasteiger charge is 2.48. The molecule has 2 aromatic rings. The predicted octanol–water partition coefficient (Wildman–Crippen LogP) is 5.53. The lowest BCUT2D eigenvalue weighted by atomic mass is 9.63. The maximum absolute atomic E-state index is 13.4. The number of nitriles is 1. The summed E-state index contributed by atoms with van der Waals surface area (Å²) in [5.74, 6) is -0.843. The van der Waals surface area contributed by atoms with Crippen molar-refractivity contribution in [2.24, 2.45) is 17.8 Å². The van der Waals surface area contributed by atoms with E-state index in [4.69, 9.17) is 16.3 Å². The van der Waals surface area contributed by atoms with E-state index < -0.39 is 26.7 Å². The number of anilines is 1. The summed E-state index contributed by atoms with van der Waals surface area (Å²) in [5, 5.41) is 13.2. The number of benzene rings is 2. The van der Waals surface area contributed by atoms with Gasteiger partial charge in [0.15, 0.2) is 0 Å². The number of rotatable bonds is 1. The second-order valence-electron chi connectivity index (χ2n) is 12.7. The van der Waals surface area contributed by atoms with Crippen LogP contribution < -0.4 is 19.7 Å². The first-order valence-electron chi connectivity index (χ1n) is 15.6. The Morgan fingerprint density at radius 1 is 1.16 bits per heavy atom. The molecule has 5 atom stereocenters. The van der Waals surface area contributed by atoms with Crippen LogP contribution in [0.4, 0.5) is 5.69 Å². The third-order valence-corrected chi connectivity index (χ3v) is 11.8. The van der Waals surface area contributed by atoms with E-state index in [-0.39, 0.29) is 29.2 Å². The summed E-state index contributed by atoms with van der Waals surface area (Å²) in [4.78, 5) is 28.0. The van der Waals surface area contributed by atoms with E-state index in [2.05, 4.69) is 21.0 Å². The summed E-state index contributed by atoms with van der Waals surface area (Å²) >= 11 is 6.32. The molecule has 5 rings (SSSR count). The molecule has 240 valence electrons. The number of hydrogen-bond acceptors (Lipinski definition) is 7. The monoisotopic (exact) mass is 652 g/mol. The van der Waals surface area contributed by atoms with Crippen molar-refractivity contribution in [2.45, 2.75) is 76.7 Å². The van der Waals surface area contributed by atoms with E-state index in [0.29, 0.717) is 42.6 Å². The maximum Gasteiger partial charge on any atom is 0.264 e. The molecule has 2 bridgehead atoms. The van der Waals surface area contributed by atoms with E-state index in [0.717, 1.165) is 43.2 Å². The molecule has 2 aromatic carbocycles. The zero-order valence-electron chi connectivity index (χ0n) is 26.0. The number of aryl methyl sites for hydroxylation is 1. The Morgan fingerprint density at radius 2 is 1.96 bits per heavy atom. The van der Waals surface area contributed by atoms with Gasteiger partial charge in [0.1, 0.15) is 17.9 Å². The fourth-order valence-electron chi connectivity index (χ4n) is 6.69. The number of sulfonamides is 1. The van der Waals surface area contributed by atoms with Crippen LogP contribution in [0.3, 0.4) is 0 Å². The molecule has 2 heterocycles. The van der Waals surface area contributed by atoms with Gasteiger partial charge in [-0.1, -0.05) is 30.7 Å². The van der Waals surface area contributed by atoms with Gasteiger partial charge in [0.05, 0.1) is 17.0 Å². The number of hydrogen-bond donors (Lipinski definition) is 2. The Hall–Kier alpha value is -3.55. The van der Waals surface area contributed by atoms with Gasteiger partial charge in [-0.05, 0) is 105 Å². The molecule has 2 amide bonds. The first kappa shape index (κ1) is 32.8. The largest absolute Gasteiger partial charge is 0.487 e. The van der Waals surface area contributed by atoms with Gasteiger partial charge in [0.25, 0.3) is 5.91 Å². The molecule has 0 radical (unpaired) electrons. The second-order valence-corrected chi connectivity index (χ2v) is 15.2. The van der Waals surface area contributed by atoms with Crippen molar-refractivity contribution in [3.05, 3.63) is 70.3 Å². The van der Waals surface area contributed by atoms with Crippen LogP contribution in [0.15, 0.2) is 48.6 Å². The predicted molar refractivity (Wildman–Crippen MR) is 175 cm³/mol. The van der Waals surface area contributed by atoms with Crippen molar-refractivity contribution in [3.8, 4) is 11.8 Å². The molecular formula is C34H41ClN4O5S. The average molecular weight is 653 g/mol. The summed E-state index contributed by atoms with van der Waals surface area (Å²) in [7, 11) is -4.02. The quantitative estimate of drug-likeness (QED) is 0.388. The number of fused-ring (bicyclic) bond motifs is 3. The number of allylic oxidation sites excluding steroid dienone is 1. The highest BCUT2D eigenvalue weighted by Crippen LogP contribution is 2.45. The molecule has 0 saturated heterocycles. The molecule has 45 heavy (non-hydrogen) atoms. The molecule has 1 fully saturated rings. The minimum atomic E-state index is -4.02. The number of ether oxygens (including phenoxy) is 1. The van der Waals surface area contributed by atoms with Crippen LogP contribution >= 0.6 is 11.6 Å². The molecule has 0 unspecified atom stereocenters. The molecule has 1 aliphatic carbocycles. The van der Waals surface area contributed by atoms with Crippen LogP contribution in [0.1, 0.15) is 74.4 Å². The van der Waals surface area contributed by atoms with Gasteiger partial charge in [-0.15, -0.1) is 0 Å². The van der Waals surface area contributed by atoms with Crippen molar-refractivity contribution in [2.75, 3.05) is 18.0 Å². The Labute approximate surface area is 271 Å². The van der Waals surface area contributed by atoms with Crippen molar-refractivity contribution in [1.82, 2.24) is 10.0 Å². The van der Waals surface area contributed by atoms with Crippen molar-refractivity contribution in [3.63, 3.8) is 0 Å². The average Bonchev–Trinajstić information content (AvgIpc) is 3.00. The van der Waals surface area contributed by atoms with Gasteiger partial charge in [-0.3, -0.25) is 9.59 Å². The van der Waals surface area contributed by atoms with E-state index in [1.807, 2.05) is 18.2 Å². The summed E-state index contributed by atoms with van der Waals surface area (Å²) in [5.41, 5.74) is 1.85. The SMILES string of the molecule is CC(=O)N[C@]1(C#N)/C=C/C[C@H](C)[C@@H](C)S(=O)(=O)NC(=O)c2ccc3c(c2)N(CCCCc2cc(Cl)ccc2CO3)C[C@@H]2CC[C@H]21. The number of nitrogens with zero attached hydrogens (tertiary/aromatic N) is 2. The van der Waals surface area contributed by atoms with Crippen molar-refractivity contribution >= 4 is 39.1 Å². The number of amides is 2. The fourth-order valence-corrected chi connectivity index (χ4v) is 8.17. The molecular weight excluding hydrogens is 612 g/mol. The molecule has 9 nitrogen and oxygen atoms in total. The van der Waals surface area contributed by atoms with Crippen LogP contribution in [-0.4, -0.2) is 44.1 Å². The first-order chi connectivity index (χ1) is 21.4. The van der Waals surface area contributed by atoms with Gasteiger partial charge in [-0.25, -0.2) is 13.1 Å². The first-order valence-corrected chi connectivity index (χ1v) is 17.6. The lowest BCUT2D eigenvalue weighted by Gasteiger charge is -2.47. The molecule has 0 aromatic heterocycles. The van der Waals surface area contributed by atoms with Gasteiger partial charge in [-0.2, -0.15) is 5.26 Å². The summed E-state index contributed by atoms with van der Waals surface area (Å²) < 4.78 is 35.3. The number of nitrogens with one attached hydrogen (secondary N) is 2. The van der Waals surface area contributed by atoms with Gasteiger partial charge < -0.3 is 15.0 Å². The molecule has 2 aliphatic heterocycles. The highest BCUT2D eigenvalue weighted by atomic mass is 35.5. The lowest BCUT2D eigenvalue weighted by molar-refractivity contribution is -0.121. The standard InChI is InChI=1S/C34H41ClN4O5S/c1-22-7-6-15-34(21-36,37-24(3)40)30-13-10-27(30)19-39-16-5-4-8-25-17-29(35)12-9-28(25)20-44-32-14-11-26(18-31(32)39)33(41)38-45(42,43)23(22)2/h6,9,11-12,14-15,17-18,22-23,27,30H,4-5,7-8,10,13,16,19-20H2,1-3H3,(H,37,40)(H,38,41)/b15-6+/t22-,23+,27-,30+,34-/m0/s1. The fraction of sp³-hybridized carbons (Fsp3) is 0.500. The lowest BCUT2D eigenvalue weighted by Crippen LogP contribution is -2.58. The Morgan fingerprint density at radius 3 is 2.67 bits per heavy atom. The third-order valence-electron chi connectivity index (χ3n) is 9.68.